The van der Waals surface area contributed by atoms with Crippen LogP contribution in [0, 0.1) is 6.92 Å². The molecule has 4 rings (SSSR count). The summed E-state index contributed by atoms with van der Waals surface area (Å²) in [5.41, 5.74) is 3.56. The summed E-state index contributed by atoms with van der Waals surface area (Å²) in [6.45, 7) is 2.18. The normalized spacial score (nSPS) is 10.6. The van der Waals surface area contributed by atoms with Gasteiger partial charge in [-0.15, -0.1) is 10.2 Å². The van der Waals surface area contributed by atoms with Crippen molar-refractivity contribution in [2.75, 3.05) is 18.2 Å². The fraction of sp³-hybridized carbons (Fsp3) is 0.185. The highest BCUT2D eigenvalue weighted by Crippen LogP contribution is 2.22. The number of benzene rings is 3. The molecule has 1 aromatic heterocycles. The van der Waals surface area contributed by atoms with Crippen LogP contribution in [-0.2, 0) is 22.6 Å². The maximum absolute atomic E-state index is 12.5. The minimum atomic E-state index is -0.137. The number of nitrogens with one attached hydrogen (secondary N) is 2. The molecule has 1 heterocycles. The van der Waals surface area contributed by atoms with Crippen molar-refractivity contribution in [1.82, 2.24) is 20.1 Å². The molecule has 0 unspecified atom stereocenters. The molecule has 8 nitrogen and oxygen atoms in total. The van der Waals surface area contributed by atoms with E-state index in [2.05, 4.69) is 20.8 Å². The number of para-hydroxylation sites is 1. The third-order valence-corrected chi connectivity index (χ3v) is 6.25. The van der Waals surface area contributed by atoms with Crippen LogP contribution in [0.2, 0.25) is 0 Å². The largest absolute Gasteiger partial charge is 0.497 e. The first-order valence-electron chi connectivity index (χ1n) is 11.4. The van der Waals surface area contributed by atoms with Gasteiger partial charge in [-0.1, -0.05) is 54.2 Å². The number of hydrogen-bond donors (Lipinski definition) is 2. The molecule has 184 valence electrons. The van der Waals surface area contributed by atoms with Crippen molar-refractivity contribution < 1.29 is 14.3 Å². The van der Waals surface area contributed by atoms with Crippen LogP contribution in [0.3, 0.4) is 0 Å². The summed E-state index contributed by atoms with van der Waals surface area (Å²) in [6, 6.07) is 24.7. The second kappa shape index (κ2) is 12.0. The molecule has 0 atom stereocenters. The minimum absolute atomic E-state index is 0.130. The van der Waals surface area contributed by atoms with Crippen molar-refractivity contribution in [3.8, 4) is 11.4 Å². The molecule has 4 aromatic rings. The first kappa shape index (κ1) is 25.0. The van der Waals surface area contributed by atoms with Crippen molar-refractivity contribution in [2.45, 2.75) is 25.0 Å². The van der Waals surface area contributed by atoms with E-state index < -0.39 is 0 Å². The van der Waals surface area contributed by atoms with Gasteiger partial charge in [-0.2, -0.15) is 0 Å². The first-order valence-corrected chi connectivity index (χ1v) is 12.4. The van der Waals surface area contributed by atoms with E-state index >= 15 is 0 Å². The van der Waals surface area contributed by atoms with Crippen LogP contribution < -0.4 is 15.4 Å². The van der Waals surface area contributed by atoms with Crippen molar-refractivity contribution in [3.63, 3.8) is 0 Å². The summed E-state index contributed by atoms with van der Waals surface area (Å²) in [7, 11) is 1.60. The second-order valence-electron chi connectivity index (χ2n) is 8.08. The summed E-state index contributed by atoms with van der Waals surface area (Å²) < 4.78 is 7.02. The van der Waals surface area contributed by atoms with Gasteiger partial charge < -0.3 is 15.4 Å². The number of anilines is 1. The van der Waals surface area contributed by atoms with Gasteiger partial charge in [0.25, 0.3) is 0 Å². The molecule has 3 aromatic carbocycles. The lowest BCUT2D eigenvalue weighted by molar-refractivity contribution is -0.120. The zero-order valence-corrected chi connectivity index (χ0v) is 20.9. The predicted octanol–water partition coefficient (Wildman–Crippen LogP) is 4.17. The molecule has 0 saturated heterocycles. The Morgan fingerprint density at radius 2 is 1.72 bits per heavy atom. The molecule has 2 amide bonds. The van der Waals surface area contributed by atoms with Crippen molar-refractivity contribution in [2.24, 2.45) is 0 Å². The third kappa shape index (κ3) is 6.73. The fourth-order valence-electron chi connectivity index (χ4n) is 3.56. The summed E-state index contributed by atoms with van der Waals surface area (Å²) in [4.78, 5) is 25.1. The molecule has 0 aliphatic rings. The lowest BCUT2D eigenvalue weighted by Crippen LogP contribution is -2.26. The SMILES string of the molecule is COc1ccc(CC(=O)NCc2nnc(SCC(=O)Nc3cccc(C)c3)n2-c2ccccc2)cc1. The van der Waals surface area contributed by atoms with E-state index in [1.165, 1.54) is 11.8 Å². The number of aryl methyl sites for hydroxylation is 1. The summed E-state index contributed by atoms with van der Waals surface area (Å²) >= 11 is 1.29. The number of nitrogens with zero attached hydrogens (tertiary/aromatic N) is 3. The van der Waals surface area contributed by atoms with Gasteiger partial charge in [-0.25, -0.2) is 0 Å². The number of amides is 2. The van der Waals surface area contributed by atoms with Crippen LogP contribution in [0.1, 0.15) is 17.0 Å². The zero-order valence-electron chi connectivity index (χ0n) is 20.1. The van der Waals surface area contributed by atoms with Crippen molar-refractivity contribution in [1.29, 1.82) is 0 Å². The molecule has 0 aliphatic carbocycles. The molecular formula is C27H27N5O3S. The lowest BCUT2D eigenvalue weighted by Gasteiger charge is -2.11. The van der Waals surface area contributed by atoms with Crippen molar-refractivity contribution >= 4 is 29.3 Å². The Hall–Kier alpha value is -4.11. The van der Waals surface area contributed by atoms with Gasteiger partial charge in [-0.3, -0.25) is 14.2 Å². The van der Waals surface area contributed by atoms with Crippen LogP contribution >= 0.6 is 11.8 Å². The van der Waals surface area contributed by atoms with Gasteiger partial charge in [0.15, 0.2) is 11.0 Å². The molecule has 0 radical (unpaired) electrons. The minimum Gasteiger partial charge on any atom is -0.497 e. The second-order valence-corrected chi connectivity index (χ2v) is 9.02. The zero-order chi connectivity index (χ0) is 25.3. The maximum atomic E-state index is 12.5. The molecule has 0 spiro atoms. The molecule has 0 aliphatic heterocycles. The Bertz CT molecular complexity index is 1320. The standard InChI is InChI=1S/C27H27N5O3S/c1-19-7-6-8-21(15-19)29-26(34)18-36-27-31-30-24(32(27)22-9-4-3-5-10-22)17-28-25(33)16-20-11-13-23(35-2)14-12-20/h3-15H,16-18H2,1-2H3,(H,28,33)(H,29,34). The lowest BCUT2D eigenvalue weighted by atomic mass is 10.1. The number of methoxy groups -OCH3 is 1. The van der Waals surface area contributed by atoms with Gasteiger partial charge in [0.1, 0.15) is 5.75 Å². The maximum Gasteiger partial charge on any atom is 0.234 e. The fourth-order valence-corrected chi connectivity index (χ4v) is 4.33. The molecule has 0 saturated carbocycles. The molecule has 2 N–H and O–H groups in total. The van der Waals surface area contributed by atoms with Gasteiger partial charge >= 0.3 is 0 Å². The molecule has 0 bridgehead atoms. The highest BCUT2D eigenvalue weighted by Gasteiger charge is 2.17. The third-order valence-electron chi connectivity index (χ3n) is 5.32. The number of rotatable bonds is 10. The van der Waals surface area contributed by atoms with Crippen LogP contribution in [0.4, 0.5) is 5.69 Å². The average Bonchev–Trinajstić information content (AvgIpc) is 3.30. The predicted molar refractivity (Wildman–Crippen MR) is 140 cm³/mol. The number of ether oxygens (including phenoxy) is 1. The Balaban J connectivity index is 1.42. The van der Waals surface area contributed by atoms with E-state index in [4.69, 9.17) is 4.74 Å². The van der Waals surface area contributed by atoms with Gasteiger partial charge in [0.2, 0.25) is 11.8 Å². The van der Waals surface area contributed by atoms with Crippen LogP contribution in [0.5, 0.6) is 5.75 Å². The molecule has 0 fully saturated rings. The Morgan fingerprint density at radius 3 is 2.44 bits per heavy atom. The van der Waals surface area contributed by atoms with E-state index in [1.807, 2.05) is 90.4 Å². The van der Waals surface area contributed by atoms with Crippen LogP contribution in [0.25, 0.3) is 5.69 Å². The average molecular weight is 502 g/mol. The Labute approximate surface area is 214 Å². The van der Waals surface area contributed by atoms with E-state index in [0.717, 1.165) is 28.3 Å². The number of thioether (sulfide) groups is 1. The Morgan fingerprint density at radius 1 is 0.944 bits per heavy atom. The van der Waals surface area contributed by atoms with E-state index in [9.17, 15) is 9.59 Å². The van der Waals surface area contributed by atoms with Crippen LogP contribution in [0.15, 0.2) is 84.0 Å². The van der Waals surface area contributed by atoms with E-state index in [-0.39, 0.29) is 30.5 Å². The quantitative estimate of drug-likeness (QED) is 0.317. The summed E-state index contributed by atoms with van der Waals surface area (Å²) in [6.07, 6.45) is 0.240. The topological polar surface area (TPSA) is 98.1 Å². The van der Waals surface area contributed by atoms with E-state index in [1.54, 1.807) is 7.11 Å². The molecular weight excluding hydrogens is 474 g/mol. The smallest absolute Gasteiger partial charge is 0.234 e. The van der Waals surface area contributed by atoms with E-state index in [0.29, 0.717) is 11.0 Å². The number of hydrogen-bond acceptors (Lipinski definition) is 6. The Kier molecular flexibility index (Phi) is 8.36. The molecule has 9 heteroatoms. The van der Waals surface area contributed by atoms with Gasteiger partial charge in [0, 0.05) is 11.4 Å². The monoisotopic (exact) mass is 501 g/mol. The number of carbonyl (C=O) groups is 2. The van der Waals surface area contributed by atoms with Gasteiger partial charge in [-0.05, 0) is 54.4 Å². The number of aromatic nitrogens is 3. The highest BCUT2D eigenvalue weighted by molar-refractivity contribution is 7.99. The number of carbonyl (C=O) groups excluding carboxylic acids is 2. The summed E-state index contributed by atoms with van der Waals surface area (Å²) in [5.74, 6) is 1.22. The first-order chi connectivity index (χ1) is 17.5. The summed E-state index contributed by atoms with van der Waals surface area (Å²) in [5, 5.41) is 15.0. The van der Waals surface area contributed by atoms with Gasteiger partial charge in [0.05, 0.1) is 25.8 Å². The molecule has 36 heavy (non-hydrogen) atoms. The van der Waals surface area contributed by atoms with Crippen LogP contribution in [-0.4, -0.2) is 39.4 Å². The highest BCUT2D eigenvalue weighted by atomic mass is 32.2. The van der Waals surface area contributed by atoms with Crippen molar-refractivity contribution in [3.05, 3.63) is 95.8 Å².